The highest BCUT2D eigenvalue weighted by Gasteiger charge is 2.33. The maximum absolute atomic E-state index is 13.0. The van der Waals surface area contributed by atoms with Gasteiger partial charge >= 0.3 is 0 Å². The van der Waals surface area contributed by atoms with Gasteiger partial charge in [0.15, 0.2) is 22.9 Å². The first-order valence-electron chi connectivity index (χ1n) is 10.5. The van der Waals surface area contributed by atoms with Gasteiger partial charge in [-0.2, -0.15) is 0 Å². The summed E-state index contributed by atoms with van der Waals surface area (Å²) in [6, 6.07) is 17.1. The molecule has 0 saturated heterocycles. The Kier molecular flexibility index (Phi) is 7.49. The van der Waals surface area contributed by atoms with Crippen LogP contribution in [0.5, 0.6) is 17.2 Å². The fourth-order valence-corrected chi connectivity index (χ4v) is 3.56. The second-order valence-electron chi connectivity index (χ2n) is 8.42. The number of carbonyl (C=O) groups excluding carboxylic acids is 2. The molecule has 0 spiro atoms. The zero-order chi connectivity index (χ0) is 25.0. The fraction of sp³-hybridized carbons (Fsp3) is 0.231. The van der Waals surface area contributed by atoms with Crippen molar-refractivity contribution in [1.82, 2.24) is 4.90 Å². The molecule has 3 rings (SSSR count). The lowest BCUT2D eigenvalue weighted by molar-refractivity contribution is -0.145. The molecule has 0 aromatic heterocycles. The molecule has 0 radical (unpaired) electrons. The summed E-state index contributed by atoms with van der Waals surface area (Å²) in [6.07, 6.45) is -1.07. The van der Waals surface area contributed by atoms with Crippen LogP contribution in [0.2, 0.25) is 5.02 Å². The van der Waals surface area contributed by atoms with Crippen molar-refractivity contribution in [1.29, 1.82) is 0 Å². The SMILES string of the molecule is CN(CC(O)c1ccc(O)c(O)c1)C(=O)C(C)(C)Oc1ccc(C(=O)c2ccc(Cl)cc2)cc1. The maximum Gasteiger partial charge on any atom is 0.266 e. The standard InChI is InChI=1S/C26H26ClNO6/c1-26(2,25(33)28(3)15-23(31)18-8-13-21(29)22(30)14-18)34-20-11-6-17(7-12-20)24(32)16-4-9-19(27)10-5-16/h4-14,23,29-31H,15H2,1-3H3. The molecule has 0 aliphatic carbocycles. The van der Waals surface area contributed by atoms with Gasteiger partial charge < -0.3 is 25.0 Å². The van der Waals surface area contributed by atoms with Gasteiger partial charge in [0, 0.05) is 23.2 Å². The van der Waals surface area contributed by atoms with Gasteiger partial charge in [0.1, 0.15) is 5.75 Å². The molecule has 34 heavy (non-hydrogen) atoms. The molecule has 0 aliphatic rings. The van der Waals surface area contributed by atoms with Crippen LogP contribution < -0.4 is 4.74 Å². The Bertz CT molecular complexity index is 1170. The number of nitrogens with zero attached hydrogens (tertiary/aromatic N) is 1. The molecule has 178 valence electrons. The second kappa shape index (κ2) is 10.2. The minimum absolute atomic E-state index is 0.0512. The number of rotatable bonds is 8. The van der Waals surface area contributed by atoms with Gasteiger partial charge in [-0.05, 0) is 80.1 Å². The van der Waals surface area contributed by atoms with Gasteiger partial charge in [0.2, 0.25) is 0 Å². The number of hydrogen-bond donors (Lipinski definition) is 3. The number of carbonyl (C=O) groups is 2. The molecule has 7 nitrogen and oxygen atoms in total. The predicted molar refractivity (Wildman–Crippen MR) is 128 cm³/mol. The first kappa shape index (κ1) is 25.1. The van der Waals surface area contributed by atoms with Crippen molar-refractivity contribution in [3.63, 3.8) is 0 Å². The molecular formula is C26H26ClNO6. The summed E-state index contributed by atoms with van der Waals surface area (Å²) < 4.78 is 5.89. The van der Waals surface area contributed by atoms with Crippen LogP contribution in [0.4, 0.5) is 0 Å². The summed E-state index contributed by atoms with van der Waals surface area (Å²) in [7, 11) is 1.53. The van der Waals surface area contributed by atoms with E-state index in [1.54, 1.807) is 62.4 Å². The zero-order valence-electron chi connectivity index (χ0n) is 19.0. The number of phenolic OH excluding ortho intramolecular Hbond substituents is 2. The number of ether oxygens (including phenoxy) is 1. The van der Waals surface area contributed by atoms with Crippen molar-refractivity contribution in [2.45, 2.75) is 25.6 Å². The normalized spacial score (nSPS) is 12.1. The largest absolute Gasteiger partial charge is 0.504 e. The van der Waals surface area contributed by atoms with Gasteiger partial charge in [0.25, 0.3) is 5.91 Å². The molecule has 0 heterocycles. The molecule has 1 unspecified atom stereocenters. The molecule has 3 N–H and O–H groups in total. The summed E-state index contributed by atoms with van der Waals surface area (Å²) in [6.45, 7) is 3.17. The van der Waals surface area contributed by atoms with Gasteiger partial charge in [-0.3, -0.25) is 9.59 Å². The third-order valence-corrected chi connectivity index (χ3v) is 5.54. The van der Waals surface area contributed by atoms with E-state index in [1.807, 2.05) is 0 Å². The van der Waals surface area contributed by atoms with E-state index in [4.69, 9.17) is 16.3 Å². The Morgan fingerprint density at radius 2 is 1.50 bits per heavy atom. The number of amides is 1. The lowest BCUT2D eigenvalue weighted by Crippen LogP contribution is -2.48. The summed E-state index contributed by atoms with van der Waals surface area (Å²) in [5.41, 5.74) is 0.0781. The first-order valence-corrected chi connectivity index (χ1v) is 10.9. The van der Waals surface area contributed by atoms with Crippen LogP contribution in [0.1, 0.15) is 41.4 Å². The second-order valence-corrected chi connectivity index (χ2v) is 8.86. The number of ketones is 1. The molecule has 0 fully saturated rings. The van der Waals surface area contributed by atoms with Crippen LogP contribution in [0.25, 0.3) is 0 Å². The van der Waals surface area contributed by atoms with Crippen molar-refractivity contribution in [3.05, 3.63) is 88.4 Å². The Morgan fingerprint density at radius 1 is 0.941 bits per heavy atom. The molecule has 0 saturated carbocycles. The van der Waals surface area contributed by atoms with Crippen molar-refractivity contribution < 1.29 is 29.6 Å². The van der Waals surface area contributed by atoms with E-state index in [9.17, 15) is 24.9 Å². The molecule has 3 aromatic carbocycles. The zero-order valence-corrected chi connectivity index (χ0v) is 19.8. The van der Waals surface area contributed by atoms with E-state index < -0.39 is 11.7 Å². The van der Waals surface area contributed by atoms with Crippen LogP contribution in [0.15, 0.2) is 66.7 Å². The van der Waals surface area contributed by atoms with Gasteiger partial charge in [-0.15, -0.1) is 0 Å². The molecule has 0 aliphatic heterocycles. The average Bonchev–Trinajstić information content (AvgIpc) is 2.80. The fourth-order valence-electron chi connectivity index (χ4n) is 3.44. The minimum atomic E-state index is -1.26. The van der Waals surface area contributed by atoms with E-state index >= 15 is 0 Å². The van der Waals surface area contributed by atoms with Crippen molar-refractivity contribution in [2.24, 2.45) is 0 Å². The van der Waals surface area contributed by atoms with Crippen molar-refractivity contribution in [2.75, 3.05) is 13.6 Å². The van der Waals surface area contributed by atoms with Crippen LogP contribution in [-0.2, 0) is 4.79 Å². The minimum Gasteiger partial charge on any atom is -0.504 e. The van der Waals surface area contributed by atoms with Gasteiger partial charge in [-0.25, -0.2) is 0 Å². The van der Waals surface area contributed by atoms with Crippen LogP contribution in [0, 0.1) is 0 Å². The summed E-state index contributed by atoms with van der Waals surface area (Å²) >= 11 is 5.87. The van der Waals surface area contributed by atoms with Gasteiger partial charge in [0.05, 0.1) is 12.6 Å². The number of halogens is 1. The number of aliphatic hydroxyl groups excluding tert-OH is 1. The highest BCUT2D eigenvalue weighted by Crippen LogP contribution is 2.28. The highest BCUT2D eigenvalue weighted by molar-refractivity contribution is 6.30. The van der Waals surface area contributed by atoms with Crippen LogP contribution >= 0.6 is 11.6 Å². The quantitative estimate of drug-likeness (QED) is 0.325. The first-order chi connectivity index (χ1) is 16.0. The summed E-state index contributed by atoms with van der Waals surface area (Å²) in [5, 5.41) is 30.0. The van der Waals surface area contributed by atoms with Crippen molar-refractivity contribution >= 4 is 23.3 Å². The third-order valence-electron chi connectivity index (χ3n) is 5.29. The Labute approximate surface area is 202 Å². The maximum atomic E-state index is 13.0. The molecule has 3 aromatic rings. The number of hydrogen-bond acceptors (Lipinski definition) is 6. The van der Waals surface area contributed by atoms with E-state index in [2.05, 4.69) is 0 Å². The Hall–Kier alpha value is -3.55. The molecule has 1 atom stereocenters. The summed E-state index contributed by atoms with van der Waals surface area (Å²) in [5.74, 6) is -0.783. The number of aromatic hydroxyl groups is 2. The number of likely N-dealkylation sites (N-methyl/N-ethyl adjacent to an activating group) is 1. The topological polar surface area (TPSA) is 107 Å². The lowest BCUT2D eigenvalue weighted by atomic mass is 10.0. The third kappa shape index (κ3) is 5.87. The number of benzene rings is 3. The lowest BCUT2D eigenvalue weighted by Gasteiger charge is -2.31. The van der Waals surface area contributed by atoms with Crippen LogP contribution in [0.3, 0.4) is 0 Å². The van der Waals surface area contributed by atoms with E-state index in [-0.39, 0.29) is 29.7 Å². The monoisotopic (exact) mass is 483 g/mol. The number of aliphatic hydroxyl groups is 1. The molecule has 1 amide bonds. The predicted octanol–water partition coefficient (Wildman–Crippen LogP) is 4.33. The van der Waals surface area contributed by atoms with E-state index in [0.29, 0.717) is 27.5 Å². The van der Waals surface area contributed by atoms with Crippen LogP contribution in [-0.4, -0.2) is 51.1 Å². The van der Waals surface area contributed by atoms with E-state index in [1.165, 1.54) is 30.1 Å². The molecular weight excluding hydrogens is 458 g/mol. The molecule has 8 heteroatoms. The number of phenols is 2. The van der Waals surface area contributed by atoms with Crippen molar-refractivity contribution in [3.8, 4) is 17.2 Å². The summed E-state index contributed by atoms with van der Waals surface area (Å²) in [4.78, 5) is 26.9. The highest BCUT2D eigenvalue weighted by atomic mass is 35.5. The van der Waals surface area contributed by atoms with Gasteiger partial charge in [-0.1, -0.05) is 17.7 Å². The average molecular weight is 484 g/mol. The Morgan fingerprint density at radius 3 is 2.06 bits per heavy atom. The molecule has 0 bridgehead atoms. The van der Waals surface area contributed by atoms with E-state index in [0.717, 1.165) is 0 Å². The Balaban J connectivity index is 1.64. The smallest absolute Gasteiger partial charge is 0.266 e.